The van der Waals surface area contributed by atoms with Crippen molar-refractivity contribution in [3.63, 3.8) is 0 Å². The van der Waals surface area contributed by atoms with Gasteiger partial charge >= 0.3 is 0 Å². The number of anilines is 1. The zero-order valence-corrected chi connectivity index (χ0v) is 16.3. The summed E-state index contributed by atoms with van der Waals surface area (Å²) in [6.07, 6.45) is 0. The second-order valence-electron chi connectivity index (χ2n) is 6.41. The van der Waals surface area contributed by atoms with E-state index >= 15 is 0 Å². The molecule has 0 aromatic heterocycles. The van der Waals surface area contributed by atoms with Crippen molar-refractivity contribution >= 4 is 21.6 Å². The number of hydrogen-bond acceptors (Lipinski definition) is 3. The second kappa shape index (κ2) is 8.50. The zero-order valence-electron chi connectivity index (χ0n) is 15.4. The minimum Gasteiger partial charge on any atom is -0.322 e. The predicted octanol–water partition coefficient (Wildman–Crippen LogP) is 4.00. The monoisotopic (exact) mass is 416 g/mol. The molecule has 2 N–H and O–H groups in total. The normalized spacial score (nSPS) is 11.3. The lowest BCUT2D eigenvalue weighted by Crippen LogP contribution is -2.24. The van der Waals surface area contributed by atoms with E-state index in [1.807, 2.05) is 19.1 Å². The number of hydrogen-bond donors (Lipinski definition) is 2. The highest BCUT2D eigenvalue weighted by molar-refractivity contribution is 7.89. The number of carbonyl (C=O) groups excluding carboxylic acids is 1. The molecule has 150 valence electrons. The predicted molar refractivity (Wildman–Crippen MR) is 106 cm³/mol. The zero-order chi connectivity index (χ0) is 21.0. The highest BCUT2D eigenvalue weighted by Crippen LogP contribution is 2.18. The minimum atomic E-state index is -3.97. The molecular formula is C21H18F2N2O3S. The van der Waals surface area contributed by atoms with E-state index in [9.17, 15) is 22.0 Å². The molecule has 3 aromatic rings. The summed E-state index contributed by atoms with van der Waals surface area (Å²) in [5.74, 6) is -2.20. The topological polar surface area (TPSA) is 75.3 Å². The van der Waals surface area contributed by atoms with Crippen molar-refractivity contribution in [1.82, 2.24) is 4.72 Å². The molecule has 0 heterocycles. The number of halogens is 2. The third-order valence-corrected chi connectivity index (χ3v) is 5.58. The van der Waals surface area contributed by atoms with Gasteiger partial charge in [-0.05, 0) is 55.0 Å². The van der Waals surface area contributed by atoms with E-state index in [0.717, 1.165) is 41.5 Å². The van der Waals surface area contributed by atoms with Crippen LogP contribution < -0.4 is 10.0 Å². The molecular weight excluding hydrogens is 398 g/mol. The van der Waals surface area contributed by atoms with Gasteiger partial charge in [0.05, 0.1) is 10.5 Å². The van der Waals surface area contributed by atoms with Crippen molar-refractivity contribution in [2.75, 3.05) is 5.32 Å². The number of sulfonamides is 1. The molecule has 3 aromatic carbocycles. The summed E-state index contributed by atoms with van der Waals surface area (Å²) < 4.78 is 54.6. The van der Waals surface area contributed by atoms with E-state index < -0.39 is 33.1 Å². The lowest BCUT2D eigenvalue weighted by molar-refractivity contribution is 0.102. The van der Waals surface area contributed by atoms with Crippen LogP contribution in [-0.2, 0) is 16.6 Å². The van der Waals surface area contributed by atoms with Gasteiger partial charge in [-0.25, -0.2) is 21.9 Å². The van der Waals surface area contributed by atoms with Crippen LogP contribution in [0.15, 0.2) is 71.6 Å². The summed E-state index contributed by atoms with van der Waals surface area (Å²) in [4.78, 5) is 12.1. The van der Waals surface area contributed by atoms with Gasteiger partial charge < -0.3 is 5.32 Å². The van der Waals surface area contributed by atoms with Crippen LogP contribution in [0, 0.1) is 18.6 Å². The first-order valence-electron chi connectivity index (χ1n) is 8.66. The van der Waals surface area contributed by atoms with E-state index in [1.54, 1.807) is 12.1 Å². The molecule has 1 amide bonds. The molecule has 5 nitrogen and oxygen atoms in total. The molecule has 0 aliphatic heterocycles. The van der Waals surface area contributed by atoms with Gasteiger partial charge in [0.15, 0.2) is 0 Å². The number of amides is 1. The molecule has 0 saturated heterocycles. The Balaban J connectivity index is 1.78. The third-order valence-electron chi connectivity index (χ3n) is 4.18. The van der Waals surface area contributed by atoms with Crippen molar-refractivity contribution in [2.45, 2.75) is 18.4 Å². The second-order valence-corrected chi connectivity index (χ2v) is 8.18. The summed E-state index contributed by atoms with van der Waals surface area (Å²) in [5.41, 5.74) is 1.62. The van der Waals surface area contributed by atoms with Gasteiger partial charge in [0.1, 0.15) is 11.6 Å². The fraction of sp³-hybridized carbons (Fsp3) is 0.0952. The van der Waals surface area contributed by atoms with E-state index in [4.69, 9.17) is 0 Å². The number of benzene rings is 3. The molecule has 0 unspecified atom stereocenters. The Morgan fingerprint density at radius 1 is 0.931 bits per heavy atom. The first-order valence-corrected chi connectivity index (χ1v) is 10.1. The smallest absolute Gasteiger partial charge is 0.258 e. The lowest BCUT2D eigenvalue weighted by Gasteiger charge is -2.10. The molecule has 8 heteroatoms. The molecule has 0 fully saturated rings. The molecule has 0 aliphatic rings. The fourth-order valence-electron chi connectivity index (χ4n) is 2.54. The van der Waals surface area contributed by atoms with E-state index in [2.05, 4.69) is 10.0 Å². The van der Waals surface area contributed by atoms with Gasteiger partial charge in [-0.3, -0.25) is 4.79 Å². The maximum Gasteiger partial charge on any atom is 0.258 e. The lowest BCUT2D eigenvalue weighted by atomic mass is 10.2. The maximum atomic E-state index is 14.1. The first-order chi connectivity index (χ1) is 13.7. The van der Waals surface area contributed by atoms with Crippen LogP contribution >= 0.6 is 0 Å². The number of aryl methyl sites for hydroxylation is 1. The summed E-state index contributed by atoms with van der Waals surface area (Å²) in [6.45, 7) is 1.97. The molecule has 0 atom stereocenters. The molecule has 29 heavy (non-hydrogen) atoms. The Kier molecular flexibility index (Phi) is 6.05. The summed E-state index contributed by atoms with van der Waals surface area (Å²) in [6, 6.07) is 15.2. The van der Waals surface area contributed by atoms with Crippen LogP contribution in [-0.4, -0.2) is 14.3 Å². The maximum absolute atomic E-state index is 14.1. The minimum absolute atomic E-state index is 0.0527. The molecule has 0 spiro atoms. The fourth-order valence-corrected chi connectivity index (χ4v) is 3.59. The summed E-state index contributed by atoms with van der Waals surface area (Å²) >= 11 is 0. The molecule has 0 bridgehead atoms. The Labute approximate surface area is 167 Å². The van der Waals surface area contributed by atoms with Crippen LogP contribution in [0.5, 0.6) is 0 Å². The third kappa shape index (κ3) is 5.24. The Morgan fingerprint density at radius 3 is 2.24 bits per heavy atom. The summed E-state index contributed by atoms with van der Waals surface area (Å²) in [7, 11) is -3.97. The SMILES string of the molecule is Cc1ccc(CNS(=O)(=O)c2ccc(F)c(C(=O)Nc3ccc(F)cc3)c2)cc1. The number of carbonyl (C=O) groups is 1. The van der Waals surface area contributed by atoms with Crippen LogP contribution in [0.1, 0.15) is 21.5 Å². The standard InChI is InChI=1S/C21H18F2N2O3S/c1-14-2-4-15(5-3-14)13-24-29(27,28)18-10-11-20(23)19(12-18)21(26)25-17-8-6-16(22)7-9-17/h2-12,24H,13H2,1H3,(H,25,26). The highest BCUT2D eigenvalue weighted by Gasteiger charge is 2.19. The molecule has 0 radical (unpaired) electrons. The van der Waals surface area contributed by atoms with Crippen LogP contribution in [0.3, 0.4) is 0 Å². The van der Waals surface area contributed by atoms with Gasteiger partial charge in [0.2, 0.25) is 10.0 Å². The number of nitrogens with one attached hydrogen (secondary N) is 2. The summed E-state index contributed by atoms with van der Waals surface area (Å²) in [5, 5.41) is 2.41. The number of rotatable bonds is 6. The van der Waals surface area contributed by atoms with Crippen LogP contribution in [0.25, 0.3) is 0 Å². The van der Waals surface area contributed by atoms with Crippen molar-refractivity contribution < 1.29 is 22.0 Å². The first kappa shape index (κ1) is 20.6. The van der Waals surface area contributed by atoms with Crippen LogP contribution in [0.4, 0.5) is 14.5 Å². The van der Waals surface area contributed by atoms with Crippen molar-refractivity contribution in [3.05, 3.63) is 95.1 Å². The van der Waals surface area contributed by atoms with E-state index in [1.165, 1.54) is 12.1 Å². The Bertz CT molecular complexity index is 1130. The average Bonchev–Trinajstić information content (AvgIpc) is 2.69. The van der Waals surface area contributed by atoms with E-state index in [-0.39, 0.29) is 17.1 Å². The van der Waals surface area contributed by atoms with Crippen molar-refractivity contribution in [1.29, 1.82) is 0 Å². The largest absolute Gasteiger partial charge is 0.322 e. The van der Waals surface area contributed by atoms with E-state index in [0.29, 0.717) is 0 Å². The van der Waals surface area contributed by atoms with Gasteiger partial charge in [-0.1, -0.05) is 29.8 Å². The Morgan fingerprint density at radius 2 is 1.59 bits per heavy atom. The average molecular weight is 416 g/mol. The van der Waals surface area contributed by atoms with Crippen molar-refractivity contribution in [2.24, 2.45) is 0 Å². The van der Waals surface area contributed by atoms with Gasteiger partial charge in [0, 0.05) is 12.2 Å². The van der Waals surface area contributed by atoms with Crippen LogP contribution in [0.2, 0.25) is 0 Å². The van der Waals surface area contributed by atoms with Gasteiger partial charge in [-0.15, -0.1) is 0 Å². The van der Waals surface area contributed by atoms with Gasteiger partial charge in [-0.2, -0.15) is 0 Å². The quantitative estimate of drug-likeness (QED) is 0.638. The van der Waals surface area contributed by atoms with Crippen molar-refractivity contribution in [3.8, 4) is 0 Å². The van der Waals surface area contributed by atoms with Gasteiger partial charge in [0.25, 0.3) is 5.91 Å². The molecule has 0 aliphatic carbocycles. The Hall–Kier alpha value is -3.10. The highest BCUT2D eigenvalue weighted by atomic mass is 32.2. The molecule has 0 saturated carbocycles. The molecule has 3 rings (SSSR count).